The highest BCUT2D eigenvalue weighted by Gasteiger charge is 2.52. The van der Waals surface area contributed by atoms with Gasteiger partial charge in [0.05, 0.1) is 11.7 Å². The van der Waals surface area contributed by atoms with Gasteiger partial charge < -0.3 is 15.6 Å². The minimum absolute atomic E-state index is 0.0676. The maximum Gasteiger partial charge on any atom is 0.0740 e. The zero-order valence-corrected chi connectivity index (χ0v) is 12.0. The lowest BCUT2D eigenvalue weighted by Gasteiger charge is -2.53. The summed E-state index contributed by atoms with van der Waals surface area (Å²) in [7, 11) is 1.76. The molecule has 2 aliphatic rings. The minimum Gasteiger partial charge on any atom is -0.389 e. The second-order valence-corrected chi connectivity index (χ2v) is 6.67. The minimum atomic E-state index is -0.602. The molecule has 0 bridgehead atoms. The molecule has 2 saturated carbocycles. The lowest BCUT2D eigenvalue weighted by Crippen LogP contribution is -2.57. The van der Waals surface area contributed by atoms with Gasteiger partial charge in [-0.25, -0.2) is 0 Å². The maximum atomic E-state index is 11.2. The van der Waals surface area contributed by atoms with Crippen LogP contribution in [0.5, 0.6) is 0 Å². The fourth-order valence-electron chi connectivity index (χ4n) is 4.34. The monoisotopic (exact) mass is 255 g/mol. The van der Waals surface area contributed by atoms with Gasteiger partial charge in [0.15, 0.2) is 0 Å². The number of ether oxygens (including phenoxy) is 1. The molecule has 0 radical (unpaired) electrons. The SMILES string of the molecule is COC1CCCC(O)(C2(CN)CCCC(C)C2)C1. The highest BCUT2D eigenvalue weighted by molar-refractivity contribution is 5.04. The first-order valence-electron chi connectivity index (χ1n) is 7.50. The molecule has 0 aromatic rings. The molecule has 4 atom stereocenters. The summed E-state index contributed by atoms with van der Waals surface area (Å²) in [5.74, 6) is 0.689. The number of methoxy groups -OCH3 is 1. The molecule has 3 nitrogen and oxygen atoms in total. The number of rotatable bonds is 3. The van der Waals surface area contributed by atoms with Crippen LogP contribution in [0.2, 0.25) is 0 Å². The molecule has 0 saturated heterocycles. The average molecular weight is 255 g/mol. The van der Waals surface area contributed by atoms with Crippen molar-refractivity contribution in [2.45, 2.75) is 70.0 Å². The third-order valence-corrected chi connectivity index (χ3v) is 5.48. The summed E-state index contributed by atoms with van der Waals surface area (Å²) in [6.45, 7) is 2.91. The molecule has 0 aliphatic heterocycles. The zero-order valence-electron chi connectivity index (χ0n) is 12.0. The van der Waals surface area contributed by atoms with E-state index in [2.05, 4.69) is 6.92 Å². The molecule has 0 aromatic heterocycles. The van der Waals surface area contributed by atoms with Gasteiger partial charge in [-0.2, -0.15) is 0 Å². The Bertz CT molecular complexity index is 284. The smallest absolute Gasteiger partial charge is 0.0740 e. The van der Waals surface area contributed by atoms with E-state index >= 15 is 0 Å². The van der Waals surface area contributed by atoms with E-state index in [9.17, 15) is 5.11 Å². The molecule has 2 rings (SSSR count). The Morgan fingerprint density at radius 1 is 1.22 bits per heavy atom. The fraction of sp³-hybridized carbons (Fsp3) is 1.00. The van der Waals surface area contributed by atoms with Gasteiger partial charge >= 0.3 is 0 Å². The lowest BCUT2D eigenvalue weighted by molar-refractivity contribution is -0.154. The van der Waals surface area contributed by atoms with E-state index < -0.39 is 5.60 Å². The zero-order chi connectivity index (χ0) is 13.2. The van der Waals surface area contributed by atoms with Crippen LogP contribution < -0.4 is 5.73 Å². The predicted molar refractivity (Wildman–Crippen MR) is 73.3 cm³/mol. The Labute approximate surface area is 111 Å². The van der Waals surface area contributed by atoms with Gasteiger partial charge in [-0.15, -0.1) is 0 Å². The van der Waals surface area contributed by atoms with Crippen molar-refractivity contribution < 1.29 is 9.84 Å². The van der Waals surface area contributed by atoms with Crippen LogP contribution >= 0.6 is 0 Å². The van der Waals surface area contributed by atoms with Crippen LogP contribution in [0.3, 0.4) is 0 Å². The molecule has 18 heavy (non-hydrogen) atoms. The van der Waals surface area contributed by atoms with Crippen LogP contribution in [0, 0.1) is 11.3 Å². The summed E-state index contributed by atoms with van der Waals surface area (Å²) in [5.41, 5.74) is 5.43. The van der Waals surface area contributed by atoms with Crippen molar-refractivity contribution in [3.05, 3.63) is 0 Å². The second kappa shape index (κ2) is 5.48. The Morgan fingerprint density at radius 3 is 2.56 bits per heavy atom. The van der Waals surface area contributed by atoms with Crippen molar-refractivity contribution in [1.29, 1.82) is 0 Å². The highest BCUT2D eigenvalue weighted by atomic mass is 16.5. The van der Waals surface area contributed by atoms with E-state index in [1.54, 1.807) is 7.11 Å². The van der Waals surface area contributed by atoms with Gasteiger partial charge in [-0.1, -0.05) is 19.8 Å². The van der Waals surface area contributed by atoms with E-state index in [1.165, 1.54) is 12.8 Å². The van der Waals surface area contributed by atoms with Gasteiger partial charge in [-0.3, -0.25) is 0 Å². The van der Waals surface area contributed by atoms with Crippen molar-refractivity contribution in [3.8, 4) is 0 Å². The quantitative estimate of drug-likeness (QED) is 0.814. The lowest BCUT2D eigenvalue weighted by atomic mass is 9.56. The first kappa shape index (κ1) is 14.3. The summed E-state index contributed by atoms with van der Waals surface area (Å²) in [6.07, 6.45) is 8.68. The van der Waals surface area contributed by atoms with Crippen molar-refractivity contribution in [2.24, 2.45) is 17.1 Å². The molecule has 0 heterocycles. The molecule has 2 aliphatic carbocycles. The first-order chi connectivity index (χ1) is 8.55. The molecule has 4 unspecified atom stereocenters. The van der Waals surface area contributed by atoms with Crippen LogP contribution in [-0.4, -0.2) is 30.5 Å². The molecule has 3 N–H and O–H groups in total. The van der Waals surface area contributed by atoms with E-state index in [0.29, 0.717) is 12.5 Å². The number of aliphatic hydroxyl groups is 1. The molecule has 0 aromatic carbocycles. The highest BCUT2D eigenvalue weighted by Crippen LogP contribution is 2.52. The Balaban J connectivity index is 2.19. The third kappa shape index (κ3) is 2.45. The fourth-order valence-corrected chi connectivity index (χ4v) is 4.34. The van der Waals surface area contributed by atoms with E-state index in [-0.39, 0.29) is 11.5 Å². The van der Waals surface area contributed by atoms with Gasteiger partial charge in [0.1, 0.15) is 0 Å². The summed E-state index contributed by atoms with van der Waals surface area (Å²) < 4.78 is 5.49. The van der Waals surface area contributed by atoms with E-state index in [1.807, 2.05) is 0 Å². The first-order valence-corrected chi connectivity index (χ1v) is 7.50. The largest absolute Gasteiger partial charge is 0.389 e. The Hall–Kier alpha value is -0.120. The Kier molecular flexibility index (Phi) is 4.35. The number of nitrogens with two attached hydrogens (primary N) is 1. The molecule has 3 heteroatoms. The standard InChI is InChI=1S/C15H29NO2/c1-12-5-3-7-14(9-12,11-16)15(17)8-4-6-13(10-15)18-2/h12-13,17H,3-11,16H2,1-2H3. The van der Waals surface area contributed by atoms with Gasteiger partial charge in [0.2, 0.25) is 0 Å². The molecular formula is C15H29NO2. The number of hydrogen-bond acceptors (Lipinski definition) is 3. The van der Waals surface area contributed by atoms with Crippen molar-refractivity contribution in [2.75, 3.05) is 13.7 Å². The molecule has 2 fully saturated rings. The molecule has 0 amide bonds. The van der Waals surface area contributed by atoms with Crippen LogP contribution in [0.4, 0.5) is 0 Å². The van der Waals surface area contributed by atoms with E-state index in [4.69, 9.17) is 10.5 Å². The van der Waals surface area contributed by atoms with Gasteiger partial charge in [-0.05, 0) is 38.0 Å². The van der Waals surface area contributed by atoms with Gasteiger partial charge in [0, 0.05) is 25.5 Å². The van der Waals surface area contributed by atoms with Crippen LogP contribution in [0.1, 0.15) is 58.3 Å². The maximum absolute atomic E-state index is 11.2. The van der Waals surface area contributed by atoms with E-state index in [0.717, 1.165) is 38.5 Å². The number of hydrogen-bond donors (Lipinski definition) is 2. The topological polar surface area (TPSA) is 55.5 Å². The molecule has 0 spiro atoms. The summed E-state index contributed by atoms with van der Waals surface area (Å²) in [4.78, 5) is 0. The van der Waals surface area contributed by atoms with Crippen molar-refractivity contribution >= 4 is 0 Å². The van der Waals surface area contributed by atoms with Crippen molar-refractivity contribution in [3.63, 3.8) is 0 Å². The normalized spacial score (nSPS) is 46.0. The third-order valence-electron chi connectivity index (χ3n) is 5.48. The molecular weight excluding hydrogens is 226 g/mol. The van der Waals surface area contributed by atoms with Crippen LogP contribution in [-0.2, 0) is 4.74 Å². The Morgan fingerprint density at radius 2 is 1.94 bits per heavy atom. The average Bonchev–Trinajstić information content (AvgIpc) is 2.38. The second-order valence-electron chi connectivity index (χ2n) is 6.67. The van der Waals surface area contributed by atoms with Crippen LogP contribution in [0.15, 0.2) is 0 Å². The van der Waals surface area contributed by atoms with Crippen molar-refractivity contribution in [1.82, 2.24) is 0 Å². The summed E-state index contributed by atoms with van der Waals surface area (Å²) >= 11 is 0. The summed E-state index contributed by atoms with van der Waals surface area (Å²) in [5, 5.41) is 11.2. The van der Waals surface area contributed by atoms with Gasteiger partial charge in [0.25, 0.3) is 0 Å². The van der Waals surface area contributed by atoms with Crippen LogP contribution in [0.25, 0.3) is 0 Å². The summed E-state index contributed by atoms with van der Waals surface area (Å²) in [6, 6.07) is 0. The predicted octanol–water partition coefficient (Wildman–Crippen LogP) is 2.46. The molecule has 106 valence electrons.